The third-order valence-corrected chi connectivity index (χ3v) is 3.85. The van der Waals surface area contributed by atoms with Crippen LogP contribution in [0.4, 0.5) is 5.82 Å². The first-order chi connectivity index (χ1) is 13.0. The number of benzene rings is 2. The van der Waals surface area contributed by atoms with Gasteiger partial charge in [-0.2, -0.15) is 0 Å². The Morgan fingerprint density at radius 1 is 1.07 bits per heavy atom. The smallest absolute Gasteiger partial charge is 0.230 e. The summed E-state index contributed by atoms with van der Waals surface area (Å²) >= 11 is 0. The Balaban J connectivity index is 1.87. The quantitative estimate of drug-likeness (QED) is 0.705. The monoisotopic (exact) mass is 359 g/mol. The predicted octanol–water partition coefficient (Wildman–Crippen LogP) is 4.45. The van der Waals surface area contributed by atoms with Crippen LogP contribution in [0.3, 0.4) is 0 Å². The number of nitrogens with zero attached hydrogens (tertiary/aromatic N) is 2. The number of phenolic OH excluding ortho intramolecular Hbond substituents is 1. The van der Waals surface area contributed by atoms with Crippen LogP contribution in [0.15, 0.2) is 66.4 Å². The number of carbonyl (C=O) groups is 1. The summed E-state index contributed by atoms with van der Waals surface area (Å²) < 4.78 is 0. The first-order valence-electron chi connectivity index (χ1n) is 8.66. The summed E-state index contributed by atoms with van der Waals surface area (Å²) in [7, 11) is 0. The molecular weight excluding hydrogens is 338 g/mol. The van der Waals surface area contributed by atoms with Gasteiger partial charge in [-0.3, -0.25) is 4.79 Å². The minimum atomic E-state index is -0.142. The number of allylic oxidation sites excluding steroid dienone is 1. The van der Waals surface area contributed by atoms with Crippen molar-refractivity contribution in [3.05, 3.63) is 77.6 Å². The first-order valence-corrected chi connectivity index (χ1v) is 8.66. The van der Waals surface area contributed by atoms with E-state index in [1.807, 2.05) is 50.3 Å². The van der Waals surface area contributed by atoms with Gasteiger partial charge in [0.15, 0.2) is 5.82 Å². The van der Waals surface area contributed by atoms with Gasteiger partial charge in [0.05, 0.1) is 18.3 Å². The van der Waals surface area contributed by atoms with E-state index >= 15 is 0 Å². The number of aromatic hydroxyl groups is 1. The van der Waals surface area contributed by atoms with Crippen molar-refractivity contribution in [1.29, 1.82) is 0 Å². The van der Waals surface area contributed by atoms with E-state index in [9.17, 15) is 9.90 Å². The van der Waals surface area contributed by atoms with Crippen molar-refractivity contribution in [3.8, 4) is 17.0 Å². The number of hydrogen-bond acceptors (Lipinski definition) is 4. The summed E-state index contributed by atoms with van der Waals surface area (Å²) in [6, 6.07) is 16.3. The number of carbonyl (C=O) groups excluding carboxylic acids is 1. The molecule has 27 heavy (non-hydrogen) atoms. The largest absolute Gasteiger partial charge is 0.508 e. The molecule has 0 fully saturated rings. The van der Waals surface area contributed by atoms with Gasteiger partial charge in [-0.15, -0.1) is 0 Å². The number of anilines is 1. The van der Waals surface area contributed by atoms with Gasteiger partial charge >= 0.3 is 0 Å². The van der Waals surface area contributed by atoms with E-state index in [0.717, 1.165) is 16.7 Å². The second-order valence-corrected chi connectivity index (χ2v) is 6.47. The lowest BCUT2D eigenvalue weighted by Crippen LogP contribution is -2.16. The zero-order valence-electron chi connectivity index (χ0n) is 15.3. The number of phenols is 1. The topological polar surface area (TPSA) is 75.1 Å². The van der Waals surface area contributed by atoms with E-state index in [2.05, 4.69) is 15.3 Å². The molecule has 3 aromatic rings. The molecule has 0 radical (unpaired) electrons. The number of rotatable bonds is 5. The molecule has 2 aromatic carbocycles. The first kappa shape index (κ1) is 18.3. The Kier molecular flexibility index (Phi) is 5.61. The van der Waals surface area contributed by atoms with Gasteiger partial charge in [0, 0.05) is 5.56 Å². The number of aromatic nitrogens is 2. The van der Waals surface area contributed by atoms with Gasteiger partial charge in [0.1, 0.15) is 11.4 Å². The summed E-state index contributed by atoms with van der Waals surface area (Å²) in [6.45, 7) is 3.93. The molecule has 0 atom stereocenters. The molecule has 0 unspecified atom stereocenters. The van der Waals surface area contributed by atoms with E-state index in [1.165, 1.54) is 0 Å². The van der Waals surface area contributed by atoms with E-state index in [4.69, 9.17) is 0 Å². The van der Waals surface area contributed by atoms with Gasteiger partial charge in [0.25, 0.3) is 0 Å². The number of amides is 1. The molecule has 3 rings (SSSR count). The molecule has 2 N–H and O–H groups in total. The van der Waals surface area contributed by atoms with Crippen LogP contribution in [0.25, 0.3) is 17.3 Å². The highest BCUT2D eigenvalue weighted by Crippen LogP contribution is 2.23. The maximum atomic E-state index is 12.4. The van der Waals surface area contributed by atoms with Crippen molar-refractivity contribution in [1.82, 2.24) is 9.97 Å². The maximum Gasteiger partial charge on any atom is 0.230 e. The van der Waals surface area contributed by atoms with Crippen LogP contribution < -0.4 is 5.32 Å². The number of hydrogen-bond donors (Lipinski definition) is 2. The van der Waals surface area contributed by atoms with Crippen molar-refractivity contribution >= 4 is 17.8 Å². The Morgan fingerprint density at radius 3 is 2.44 bits per heavy atom. The molecule has 0 saturated carbocycles. The number of nitrogens with one attached hydrogen (secondary N) is 1. The molecule has 0 aliphatic carbocycles. The Morgan fingerprint density at radius 2 is 1.78 bits per heavy atom. The standard InChI is InChI=1S/C22H21N3O2/c1-15(2)12-19-22(25-21(27)13-16-6-4-3-5-7-16)23-14-20(24-19)17-8-10-18(26)11-9-17/h3-12,14,26H,13H2,1-2H3,(H,23,25,27). The third-order valence-electron chi connectivity index (χ3n) is 3.85. The van der Waals surface area contributed by atoms with Crippen LogP contribution in [0, 0.1) is 0 Å². The van der Waals surface area contributed by atoms with Gasteiger partial charge in [-0.1, -0.05) is 35.9 Å². The van der Waals surface area contributed by atoms with E-state index in [-0.39, 0.29) is 18.1 Å². The fourth-order valence-corrected chi connectivity index (χ4v) is 2.60. The van der Waals surface area contributed by atoms with Crippen LogP contribution in [0.5, 0.6) is 5.75 Å². The Labute approximate surface area is 158 Å². The molecular formula is C22H21N3O2. The molecule has 0 aliphatic heterocycles. The van der Waals surface area contributed by atoms with Crippen molar-refractivity contribution < 1.29 is 9.90 Å². The lowest BCUT2D eigenvalue weighted by atomic mass is 10.1. The van der Waals surface area contributed by atoms with E-state index in [1.54, 1.807) is 30.5 Å². The molecule has 0 saturated heterocycles. The van der Waals surface area contributed by atoms with Crippen molar-refractivity contribution in [2.75, 3.05) is 5.32 Å². The lowest BCUT2D eigenvalue weighted by molar-refractivity contribution is -0.115. The molecule has 5 nitrogen and oxygen atoms in total. The zero-order valence-corrected chi connectivity index (χ0v) is 15.3. The van der Waals surface area contributed by atoms with Gasteiger partial charge in [-0.25, -0.2) is 9.97 Å². The van der Waals surface area contributed by atoms with Crippen molar-refractivity contribution in [2.45, 2.75) is 20.3 Å². The highest BCUT2D eigenvalue weighted by molar-refractivity contribution is 5.93. The average Bonchev–Trinajstić information content (AvgIpc) is 2.64. The lowest BCUT2D eigenvalue weighted by Gasteiger charge is -2.10. The van der Waals surface area contributed by atoms with Crippen LogP contribution >= 0.6 is 0 Å². The van der Waals surface area contributed by atoms with Crippen LogP contribution in [0.1, 0.15) is 25.1 Å². The molecule has 0 spiro atoms. The molecule has 0 aliphatic rings. The Bertz CT molecular complexity index is 961. The minimum Gasteiger partial charge on any atom is -0.508 e. The van der Waals surface area contributed by atoms with Crippen molar-refractivity contribution in [3.63, 3.8) is 0 Å². The summed E-state index contributed by atoms with van der Waals surface area (Å²) in [6.07, 6.45) is 3.78. The van der Waals surface area contributed by atoms with E-state index < -0.39 is 0 Å². The summed E-state index contributed by atoms with van der Waals surface area (Å²) in [5.74, 6) is 0.483. The summed E-state index contributed by atoms with van der Waals surface area (Å²) in [4.78, 5) is 21.4. The summed E-state index contributed by atoms with van der Waals surface area (Å²) in [5, 5.41) is 12.3. The second kappa shape index (κ2) is 8.27. The maximum absolute atomic E-state index is 12.4. The summed E-state index contributed by atoms with van der Waals surface area (Å²) in [5.41, 5.74) is 4.09. The highest BCUT2D eigenvalue weighted by Gasteiger charge is 2.11. The molecule has 0 bridgehead atoms. The highest BCUT2D eigenvalue weighted by atomic mass is 16.3. The van der Waals surface area contributed by atoms with Crippen LogP contribution in [-0.2, 0) is 11.2 Å². The van der Waals surface area contributed by atoms with Crippen LogP contribution in [0.2, 0.25) is 0 Å². The fourth-order valence-electron chi connectivity index (χ4n) is 2.60. The van der Waals surface area contributed by atoms with Gasteiger partial charge < -0.3 is 10.4 Å². The SMILES string of the molecule is CC(C)=Cc1nc(-c2ccc(O)cc2)cnc1NC(=O)Cc1ccccc1. The van der Waals surface area contributed by atoms with Gasteiger partial charge in [-0.05, 0) is 49.8 Å². The molecule has 1 heterocycles. The molecule has 5 heteroatoms. The predicted molar refractivity (Wildman–Crippen MR) is 107 cm³/mol. The minimum absolute atomic E-state index is 0.142. The molecule has 1 aromatic heterocycles. The molecule has 136 valence electrons. The third kappa shape index (κ3) is 5.01. The Hall–Kier alpha value is -3.47. The average molecular weight is 359 g/mol. The molecule has 1 amide bonds. The van der Waals surface area contributed by atoms with E-state index in [0.29, 0.717) is 17.2 Å². The fraction of sp³-hybridized carbons (Fsp3) is 0.136. The normalized spacial score (nSPS) is 10.3. The van der Waals surface area contributed by atoms with Crippen molar-refractivity contribution in [2.24, 2.45) is 0 Å². The van der Waals surface area contributed by atoms with Crippen LogP contribution in [-0.4, -0.2) is 21.0 Å². The zero-order chi connectivity index (χ0) is 19.2. The van der Waals surface area contributed by atoms with Gasteiger partial charge in [0.2, 0.25) is 5.91 Å². The second-order valence-electron chi connectivity index (χ2n) is 6.47.